The predicted octanol–water partition coefficient (Wildman–Crippen LogP) is 1.67. The van der Waals surface area contributed by atoms with Crippen molar-refractivity contribution in [1.82, 2.24) is 4.90 Å². The molecule has 0 radical (unpaired) electrons. The Morgan fingerprint density at radius 3 is 2.55 bits per heavy atom. The van der Waals surface area contributed by atoms with Gasteiger partial charge in [0, 0.05) is 31.0 Å². The summed E-state index contributed by atoms with van der Waals surface area (Å²) in [5.41, 5.74) is 5.12. The molecule has 114 valence electrons. The van der Waals surface area contributed by atoms with Gasteiger partial charge < -0.3 is 15.4 Å². The summed E-state index contributed by atoms with van der Waals surface area (Å²) in [6.45, 7) is 10.9. The van der Waals surface area contributed by atoms with Crippen LogP contribution in [0.25, 0.3) is 0 Å². The smallest absolute Gasteiger partial charge is 0.243 e. The molecular weight excluding hydrogens is 254 g/mol. The van der Waals surface area contributed by atoms with Gasteiger partial charge in [0.2, 0.25) is 5.91 Å². The number of ether oxygens (including phenoxy) is 1. The minimum Gasteiger partial charge on any atom is -0.378 e. The van der Waals surface area contributed by atoms with E-state index in [4.69, 9.17) is 15.7 Å². The molecule has 0 aliphatic heterocycles. The van der Waals surface area contributed by atoms with Gasteiger partial charge in [-0.15, -0.1) is 0 Å². The normalized spacial score (nSPS) is 27.8. The second-order valence-electron chi connectivity index (χ2n) is 6.34. The van der Waals surface area contributed by atoms with Crippen LogP contribution < -0.4 is 5.73 Å². The SMILES string of the molecule is CCOC1CC(N)(C(=O)N(CCC#N)C(C)C)C1(C)C. The quantitative estimate of drug-likeness (QED) is 0.803. The van der Waals surface area contributed by atoms with Gasteiger partial charge in [-0.05, 0) is 20.8 Å². The van der Waals surface area contributed by atoms with Crippen LogP contribution in [0.5, 0.6) is 0 Å². The van der Waals surface area contributed by atoms with Crippen LogP contribution in [0.3, 0.4) is 0 Å². The Labute approximate surface area is 122 Å². The van der Waals surface area contributed by atoms with Gasteiger partial charge in [-0.2, -0.15) is 5.26 Å². The summed E-state index contributed by atoms with van der Waals surface area (Å²) in [5.74, 6) is -0.0660. The van der Waals surface area contributed by atoms with Crippen molar-refractivity contribution in [1.29, 1.82) is 5.26 Å². The van der Waals surface area contributed by atoms with E-state index in [1.807, 2.05) is 34.6 Å². The van der Waals surface area contributed by atoms with Gasteiger partial charge in [-0.3, -0.25) is 4.79 Å². The maximum atomic E-state index is 12.8. The van der Waals surface area contributed by atoms with E-state index < -0.39 is 5.54 Å². The maximum Gasteiger partial charge on any atom is 0.243 e. The van der Waals surface area contributed by atoms with Crippen LogP contribution in [0.1, 0.15) is 47.5 Å². The molecule has 0 saturated heterocycles. The van der Waals surface area contributed by atoms with Crippen molar-refractivity contribution in [2.75, 3.05) is 13.2 Å². The summed E-state index contributed by atoms with van der Waals surface area (Å²) >= 11 is 0. The van der Waals surface area contributed by atoms with E-state index in [0.717, 1.165) is 0 Å². The zero-order chi connectivity index (χ0) is 15.6. The van der Waals surface area contributed by atoms with Gasteiger partial charge in [-0.25, -0.2) is 0 Å². The first-order chi connectivity index (χ1) is 9.22. The number of carbonyl (C=O) groups is 1. The first-order valence-electron chi connectivity index (χ1n) is 7.30. The lowest BCUT2D eigenvalue weighted by Crippen LogP contribution is -2.76. The molecule has 1 rings (SSSR count). The number of hydrogen-bond donors (Lipinski definition) is 1. The van der Waals surface area contributed by atoms with E-state index >= 15 is 0 Å². The van der Waals surface area contributed by atoms with Crippen molar-refractivity contribution in [3.63, 3.8) is 0 Å². The molecular formula is C15H27N3O2. The Morgan fingerprint density at radius 2 is 2.15 bits per heavy atom. The van der Waals surface area contributed by atoms with Crippen LogP contribution in [0.2, 0.25) is 0 Å². The maximum absolute atomic E-state index is 12.8. The van der Waals surface area contributed by atoms with Gasteiger partial charge in [0.05, 0.1) is 18.6 Å². The third-order valence-electron chi connectivity index (χ3n) is 4.56. The van der Waals surface area contributed by atoms with E-state index in [9.17, 15) is 4.79 Å². The molecule has 0 aromatic heterocycles. The Hall–Kier alpha value is -1.12. The third-order valence-corrected chi connectivity index (χ3v) is 4.56. The first kappa shape index (κ1) is 16.9. The van der Waals surface area contributed by atoms with E-state index in [0.29, 0.717) is 26.0 Å². The summed E-state index contributed by atoms with van der Waals surface area (Å²) < 4.78 is 5.66. The largest absolute Gasteiger partial charge is 0.378 e. The number of rotatable bonds is 6. The molecule has 1 aliphatic carbocycles. The Morgan fingerprint density at radius 1 is 1.55 bits per heavy atom. The van der Waals surface area contributed by atoms with Crippen molar-refractivity contribution < 1.29 is 9.53 Å². The predicted molar refractivity (Wildman–Crippen MR) is 77.8 cm³/mol. The molecule has 0 bridgehead atoms. The van der Waals surface area contributed by atoms with Crippen molar-refractivity contribution in [2.24, 2.45) is 11.1 Å². The average Bonchev–Trinajstić information content (AvgIpc) is 2.38. The number of hydrogen-bond acceptors (Lipinski definition) is 4. The molecule has 20 heavy (non-hydrogen) atoms. The summed E-state index contributed by atoms with van der Waals surface area (Å²) in [6, 6.07) is 2.13. The van der Waals surface area contributed by atoms with Crippen LogP contribution in [-0.2, 0) is 9.53 Å². The summed E-state index contributed by atoms with van der Waals surface area (Å²) in [4.78, 5) is 14.5. The lowest BCUT2D eigenvalue weighted by atomic mass is 9.54. The first-order valence-corrected chi connectivity index (χ1v) is 7.30. The van der Waals surface area contributed by atoms with Gasteiger partial charge >= 0.3 is 0 Å². The van der Waals surface area contributed by atoms with E-state index in [1.54, 1.807) is 4.90 Å². The van der Waals surface area contributed by atoms with Gasteiger partial charge in [0.25, 0.3) is 0 Å². The highest BCUT2D eigenvalue weighted by Crippen LogP contribution is 2.50. The fraction of sp³-hybridized carbons (Fsp3) is 0.867. The zero-order valence-corrected chi connectivity index (χ0v) is 13.3. The van der Waals surface area contributed by atoms with Gasteiger partial charge in [0.1, 0.15) is 5.54 Å². The molecule has 1 fully saturated rings. The molecule has 1 aliphatic rings. The summed E-state index contributed by atoms with van der Waals surface area (Å²) in [6.07, 6.45) is 0.893. The molecule has 2 unspecified atom stereocenters. The third kappa shape index (κ3) is 2.68. The number of nitriles is 1. The summed E-state index contributed by atoms with van der Waals surface area (Å²) in [5, 5.41) is 8.73. The van der Waals surface area contributed by atoms with Crippen LogP contribution in [-0.4, -0.2) is 41.6 Å². The van der Waals surface area contributed by atoms with Crippen molar-refractivity contribution in [3.05, 3.63) is 0 Å². The van der Waals surface area contributed by atoms with Crippen LogP contribution in [0.4, 0.5) is 0 Å². The molecule has 0 heterocycles. The molecule has 5 nitrogen and oxygen atoms in total. The fourth-order valence-electron chi connectivity index (χ4n) is 2.82. The van der Waals surface area contributed by atoms with Crippen LogP contribution in [0.15, 0.2) is 0 Å². The van der Waals surface area contributed by atoms with Gasteiger partial charge in [0.15, 0.2) is 0 Å². The van der Waals surface area contributed by atoms with Crippen molar-refractivity contribution >= 4 is 5.91 Å². The monoisotopic (exact) mass is 281 g/mol. The second kappa shape index (κ2) is 6.11. The molecule has 1 saturated carbocycles. The number of carbonyl (C=O) groups excluding carboxylic acids is 1. The number of nitrogens with two attached hydrogens (primary N) is 1. The zero-order valence-electron chi connectivity index (χ0n) is 13.3. The molecule has 1 amide bonds. The van der Waals surface area contributed by atoms with Crippen LogP contribution in [0, 0.1) is 16.7 Å². The second-order valence-corrected chi connectivity index (χ2v) is 6.34. The lowest BCUT2D eigenvalue weighted by molar-refractivity contribution is -0.180. The highest BCUT2D eigenvalue weighted by Gasteiger charge is 2.63. The molecule has 0 spiro atoms. The topological polar surface area (TPSA) is 79.3 Å². The van der Waals surface area contributed by atoms with Crippen LogP contribution >= 0.6 is 0 Å². The molecule has 2 N–H and O–H groups in total. The number of nitrogens with zero attached hydrogens (tertiary/aromatic N) is 2. The molecule has 5 heteroatoms. The van der Waals surface area contributed by atoms with Crippen molar-refractivity contribution in [3.8, 4) is 6.07 Å². The minimum absolute atomic E-state index is 0.0198. The number of amides is 1. The Bertz CT molecular complexity index is 400. The van der Waals surface area contributed by atoms with E-state index in [2.05, 4.69) is 6.07 Å². The minimum atomic E-state index is -0.896. The lowest BCUT2D eigenvalue weighted by Gasteiger charge is -2.59. The van der Waals surface area contributed by atoms with Gasteiger partial charge in [-0.1, -0.05) is 13.8 Å². The molecule has 0 aromatic rings. The van der Waals surface area contributed by atoms with Crippen molar-refractivity contribution in [2.45, 2.75) is 65.1 Å². The van der Waals surface area contributed by atoms with E-state index in [-0.39, 0.29) is 23.5 Å². The average molecular weight is 281 g/mol. The highest BCUT2D eigenvalue weighted by atomic mass is 16.5. The molecule has 2 atom stereocenters. The fourth-order valence-corrected chi connectivity index (χ4v) is 2.82. The Balaban J connectivity index is 2.87. The van der Waals surface area contributed by atoms with E-state index in [1.165, 1.54) is 0 Å². The molecule has 0 aromatic carbocycles. The standard InChI is InChI=1S/C15H27N3O2/c1-6-20-12-10-15(17,14(12,4)5)13(19)18(11(2)3)9-7-8-16/h11-12H,6-7,9-10,17H2,1-5H3. The summed E-state index contributed by atoms with van der Waals surface area (Å²) in [7, 11) is 0. The highest BCUT2D eigenvalue weighted by molar-refractivity contribution is 5.89. The Kier molecular flexibility index (Phi) is 5.17.